The Labute approximate surface area is 274 Å². The van der Waals surface area contributed by atoms with Crippen molar-refractivity contribution in [3.8, 4) is 11.1 Å². The van der Waals surface area contributed by atoms with E-state index in [9.17, 15) is 0 Å². The largest absolute Gasteiger partial charge is 1.00 e. The Balaban J connectivity index is 0.000000746. The van der Waals surface area contributed by atoms with Crippen LogP contribution in [0.4, 0.5) is 0 Å². The van der Waals surface area contributed by atoms with Gasteiger partial charge in [-0.05, 0) is 35.4 Å². The van der Waals surface area contributed by atoms with Crippen LogP contribution in [0.2, 0.25) is 0 Å². The molecule has 0 nitrogen and oxygen atoms in total. The Morgan fingerprint density at radius 2 is 1.27 bits per heavy atom. The number of hydrogen-bond acceptors (Lipinski definition) is 0. The normalized spacial score (nSPS) is 11.8. The minimum absolute atomic E-state index is 0. The first-order chi connectivity index (χ1) is 17.5. The molecule has 1 aliphatic rings. The predicted molar refractivity (Wildman–Crippen MR) is 166 cm³/mol. The van der Waals surface area contributed by atoms with Crippen molar-refractivity contribution in [1.82, 2.24) is 0 Å². The molecule has 0 aromatic heterocycles. The Bertz CT molecular complexity index is 1090. The number of benzene rings is 2. The van der Waals surface area contributed by atoms with Crippen LogP contribution in [0, 0.1) is 31.7 Å². The zero-order valence-corrected chi connectivity index (χ0v) is 31.1. The van der Waals surface area contributed by atoms with Crippen LogP contribution in [0.15, 0.2) is 48.5 Å². The second-order valence-electron chi connectivity index (χ2n) is 14.0. The van der Waals surface area contributed by atoms with E-state index < -0.39 is 0 Å². The molecule has 0 fully saturated rings. The van der Waals surface area contributed by atoms with Crippen molar-refractivity contribution < 1.29 is 49.0 Å². The summed E-state index contributed by atoms with van der Waals surface area (Å²) in [5, 5.41) is 0. The van der Waals surface area contributed by atoms with Gasteiger partial charge in [-0.25, -0.2) is 12.1 Å². The van der Waals surface area contributed by atoms with E-state index in [2.05, 4.69) is 107 Å². The van der Waals surface area contributed by atoms with E-state index in [-0.39, 0.29) is 35.6 Å². The molecule has 0 spiro atoms. The number of aryl methyl sites for hydroxylation is 2. The molecular formula is C37H52Cl2Zr-2. The summed E-state index contributed by atoms with van der Waals surface area (Å²) < 4.78 is 1.75. The molecule has 0 aliphatic heterocycles. The van der Waals surface area contributed by atoms with Gasteiger partial charge in [-0.1, -0.05) is 71.6 Å². The van der Waals surface area contributed by atoms with Crippen LogP contribution < -0.4 is 24.8 Å². The molecule has 0 saturated heterocycles. The topological polar surface area (TPSA) is 0 Å². The summed E-state index contributed by atoms with van der Waals surface area (Å²) in [6.07, 6.45) is 3.72. The fraction of sp³-hybridized carbons (Fsp3) is 0.514. The van der Waals surface area contributed by atoms with Crippen LogP contribution in [0.25, 0.3) is 11.1 Å². The van der Waals surface area contributed by atoms with Crippen molar-refractivity contribution in [2.45, 2.75) is 113 Å². The van der Waals surface area contributed by atoms with Crippen LogP contribution in [0.1, 0.15) is 115 Å². The average Bonchev–Trinajstić information content (AvgIpc) is 3.41. The number of fused-ring (bicyclic) bond motifs is 3. The minimum Gasteiger partial charge on any atom is -1.00 e. The third-order valence-corrected chi connectivity index (χ3v) is 7.95. The summed E-state index contributed by atoms with van der Waals surface area (Å²) in [6, 6.07) is 20.9. The first-order valence-electron chi connectivity index (χ1n) is 14.4. The molecule has 4 rings (SSSR count). The number of hydrogen-bond donors (Lipinski definition) is 0. The average molecular weight is 659 g/mol. The maximum Gasteiger partial charge on any atom is -0.0129 e. The van der Waals surface area contributed by atoms with Crippen molar-refractivity contribution in [3.63, 3.8) is 0 Å². The molecule has 0 unspecified atom stereocenters. The van der Waals surface area contributed by atoms with Gasteiger partial charge >= 0.3 is 79.8 Å². The van der Waals surface area contributed by atoms with Crippen LogP contribution in [0.3, 0.4) is 0 Å². The zero-order chi connectivity index (χ0) is 28.8. The van der Waals surface area contributed by atoms with Gasteiger partial charge in [-0.2, -0.15) is 35.9 Å². The molecule has 0 N–H and O–H groups in total. The van der Waals surface area contributed by atoms with E-state index in [1.165, 1.54) is 57.3 Å². The van der Waals surface area contributed by atoms with Gasteiger partial charge in [-0.15, -0.1) is 16.7 Å². The monoisotopic (exact) mass is 656 g/mol. The Hall–Kier alpha value is -0.877. The summed E-state index contributed by atoms with van der Waals surface area (Å²) in [7, 11) is 0. The summed E-state index contributed by atoms with van der Waals surface area (Å²) in [4.78, 5) is 0. The third kappa shape index (κ3) is 11.8. The summed E-state index contributed by atoms with van der Waals surface area (Å²) >= 11 is 1.65. The Morgan fingerprint density at radius 3 is 1.68 bits per heavy atom. The van der Waals surface area contributed by atoms with Crippen LogP contribution >= 0.6 is 0 Å². The molecular weight excluding hydrogens is 607 g/mol. The van der Waals surface area contributed by atoms with Gasteiger partial charge in [0.1, 0.15) is 0 Å². The first kappa shape index (κ1) is 39.1. The fourth-order valence-electron chi connectivity index (χ4n) is 5.41. The van der Waals surface area contributed by atoms with Crippen molar-refractivity contribution in [2.24, 2.45) is 11.8 Å². The standard InChI is InChI=1S/C23H29.C9H18.C5H5.2ClH.Zr/c1-14-9-16-11-17-10-15(2)21(23(6,7)8)13-19(17)18(16)12-20(14)22(3,4)5;1-8(2)6-5-7-9(3)4;1-2-4-5-3-1;;;/h9,12-13H,11H2,1-8H3;8-9H,6-7H2,1-4H3;1-5H;2*1H;/q-1;;-1;;;+2/p-2. The smallest absolute Gasteiger partial charge is 0.0129 e. The fourth-order valence-corrected chi connectivity index (χ4v) is 7.42. The third-order valence-electron chi connectivity index (χ3n) is 6.94. The summed E-state index contributed by atoms with van der Waals surface area (Å²) in [6.45, 7) is 27.4. The summed E-state index contributed by atoms with van der Waals surface area (Å²) in [5.74, 6) is 1.71. The van der Waals surface area contributed by atoms with Crippen LogP contribution in [-0.4, -0.2) is 3.21 Å². The van der Waals surface area contributed by atoms with Gasteiger partial charge in [0.15, 0.2) is 0 Å². The summed E-state index contributed by atoms with van der Waals surface area (Å²) in [5.41, 5.74) is 11.6. The van der Waals surface area contributed by atoms with E-state index >= 15 is 0 Å². The second-order valence-corrected chi connectivity index (χ2v) is 15.7. The van der Waals surface area contributed by atoms with E-state index in [0.717, 1.165) is 18.3 Å². The quantitative estimate of drug-likeness (QED) is 0.284. The molecule has 0 atom stereocenters. The van der Waals surface area contributed by atoms with Gasteiger partial charge in [0.25, 0.3) is 0 Å². The maximum absolute atomic E-state index is 3.69. The Kier molecular flexibility index (Phi) is 16.3. The molecule has 0 heterocycles. The van der Waals surface area contributed by atoms with E-state index in [1.807, 2.05) is 30.3 Å². The van der Waals surface area contributed by atoms with Crippen molar-refractivity contribution in [1.29, 1.82) is 0 Å². The number of rotatable bonds is 4. The molecule has 0 bridgehead atoms. The van der Waals surface area contributed by atoms with Crippen LogP contribution in [0.5, 0.6) is 0 Å². The molecule has 220 valence electrons. The van der Waals surface area contributed by atoms with Gasteiger partial charge in [-0.3, -0.25) is 0 Å². The molecule has 0 saturated carbocycles. The molecule has 1 aliphatic carbocycles. The molecule has 0 radical (unpaired) electrons. The molecule has 3 aromatic carbocycles. The van der Waals surface area contributed by atoms with Crippen LogP contribution in [-0.2, 0) is 41.5 Å². The first-order valence-corrected chi connectivity index (χ1v) is 15.7. The maximum atomic E-state index is 3.69. The second kappa shape index (κ2) is 16.7. The predicted octanol–water partition coefficient (Wildman–Crippen LogP) is 4.48. The molecule has 40 heavy (non-hydrogen) atoms. The minimum atomic E-state index is 0. The van der Waals surface area contributed by atoms with Crippen molar-refractivity contribution >= 4 is 3.21 Å². The molecule has 3 aromatic rings. The molecule has 3 heteroatoms. The van der Waals surface area contributed by atoms with Crippen molar-refractivity contribution in [2.75, 3.05) is 0 Å². The van der Waals surface area contributed by atoms with E-state index in [0.29, 0.717) is 0 Å². The van der Waals surface area contributed by atoms with E-state index in [4.69, 9.17) is 0 Å². The van der Waals surface area contributed by atoms with Gasteiger partial charge in [0.2, 0.25) is 0 Å². The number of halogens is 2. The Morgan fingerprint density at radius 1 is 0.800 bits per heavy atom. The van der Waals surface area contributed by atoms with E-state index in [1.54, 1.807) is 27.4 Å². The molecule has 0 amide bonds. The van der Waals surface area contributed by atoms with Gasteiger partial charge in [0.05, 0.1) is 0 Å². The van der Waals surface area contributed by atoms with Gasteiger partial charge < -0.3 is 24.8 Å². The van der Waals surface area contributed by atoms with Gasteiger partial charge in [0, 0.05) is 0 Å². The zero-order valence-electron chi connectivity index (χ0n) is 27.2. The SMILES string of the molecule is CC(C)C[C](=[Zr+2])CC(C)C.Cc1[c-]c2c(cc1C(C)(C)C)-c1cc(C(C)(C)C)c(C)cc1C2.[Cl-].[Cl-].c1cc[cH-]c1. The van der Waals surface area contributed by atoms with Crippen molar-refractivity contribution in [3.05, 3.63) is 88.0 Å².